The zero-order valence-electron chi connectivity index (χ0n) is 39.4. The average molecular weight is 907 g/mol. The molecule has 6 N–H and O–H groups in total. The average Bonchev–Trinajstić information content (AvgIpc) is 3.26. The van der Waals surface area contributed by atoms with E-state index in [0.29, 0.717) is 13.0 Å². The van der Waals surface area contributed by atoms with Crippen molar-refractivity contribution < 1.29 is 58.3 Å². The molecule has 368 valence electrons. The van der Waals surface area contributed by atoms with Gasteiger partial charge in [-0.2, -0.15) is 0 Å². The van der Waals surface area contributed by atoms with E-state index < -0.39 is 63.1 Å². The van der Waals surface area contributed by atoms with Gasteiger partial charge in [-0.3, -0.25) is 13.8 Å². The van der Waals surface area contributed by atoms with Crippen LogP contribution in [-0.4, -0.2) is 98.9 Å². The molecule has 0 aromatic rings. The van der Waals surface area contributed by atoms with Gasteiger partial charge in [0, 0.05) is 13.0 Å². The van der Waals surface area contributed by atoms with Gasteiger partial charge in [-0.25, -0.2) is 4.57 Å². The molecule has 1 aliphatic rings. The molecule has 0 aromatic heterocycles. The van der Waals surface area contributed by atoms with Crippen LogP contribution in [-0.2, 0) is 27.9 Å². The molecule has 1 aliphatic carbocycles. The van der Waals surface area contributed by atoms with E-state index in [1.165, 1.54) is 148 Å². The Morgan fingerprint density at radius 2 is 0.855 bits per heavy atom. The second-order valence-corrected chi connectivity index (χ2v) is 19.4. The fourth-order valence-electron chi connectivity index (χ4n) is 8.06. The van der Waals surface area contributed by atoms with Crippen LogP contribution < -0.4 is 0 Å². The van der Waals surface area contributed by atoms with Crippen molar-refractivity contribution >= 4 is 13.8 Å². The third-order valence-electron chi connectivity index (χ3n) is 12.1. The third kappa shape index (κ3) is 31.9. The molecule has 6 atom stereocenters. The van der Waals surface area contributed by atoms with Crippen molar-refractivity contribution in [3.63, 3.8) is 0 Å². The summed E-state index contributed by atoms with van der Waals surface area (Å²) in [6.45, 7) is 4.28. The molecule has 6 unspecified atom stereocenters. The summed E-state index contributed by atoms with van der Waals surface area (Å²) in [5.41, 5.74) is 0. The molecule has 12 nitrogen and oxygen atoms in total. The molecule has 0 spiro atoms. The second kappa shape index (κ2) is 40.4. The van der Waals surface area contributed by atoms with Crippen molar-refractivity contribution in [1.29, 1.82) is 0 Å². The fourth-order valence-corrected chi connectivity index (χ4v) is 9.03. The highest BCUT2D eigenvalue weighted by Gasteiger charge is 2.51. The normalized spacial score (nSPS) is 22.0. The number of allylic oxidation sites excluding steroid dienone is 2. The first-order valence-corrected chi connectivity index (χ1v) is 27.0. The van der Waals surface area contributed by atoms with Crippen molar-refractivity contribution in [2.45, 2.75) is 275 Å². The molecule has 0 saturated heterocycles. The number of aliphatic hydroxyl groups excluding tert-OH is 5. The van der Waals surface area contributed by atoms with Crippen LogP contribution in [0.3, 0.4) is 0 Å². The van der Waals surface area contributed by atoms with Crippen molar-refractivity contribution in [2.24, 2.45) is 0 Å². The lowest BCUT2D eigenvalue weighted by atomic mass is 9.85. The molecule has 1 rings (SSSR count). The predicted octanol–water partition coefficient (Wildman–Crippen LogP) is 11.1. The van der Waals surface area contributed by atoms with Crippen LogP contribution in [0, 0.1) is 0 Å². The van der Waals surface area contributed by atoms with Crippen LogP contribution in [0.15, 0.2) is 12.2 Å². The minimum atomic E-state index is -5.02. The van der Waals surface area contributed by atoms with E-state index in [4.69, 9.17) is 18.5 Å². The fraction of sp³-hybridized carbons (Fsp3) is 0.939. The summed E-state index contributed by atoms with van der Waals surface area (Å²) < 4.78 is 34.3. The van der Waals surface area contributed by atoms with E-state index in [2.05, 4.69) is 26.0 Å². The van der Waals surface area contributed by atoms with Crippen molar-refractivity contribution in [2.75, 3.05) is 19.8 Å². The quantitative estimate of drug-likeness (QED) is 0.0147. The monoisotopic (exact) mass is 907 g/mol. The number of carbonyl (C=O) groups is 1. The number of esters is 1. The van der Waals surface area contributed by atoms with Gasteiger partial charge in [0.15, 0.2) is 0 Å². The maximum Gasteiger partial charge on any atom is 0.472 e. The maximum absolute atomic E-state index is 12.8. The predicted molar refractivity (Wildman–Crippen MR) is 249 cm³/mol. The Bertz CT molecular complexity index is 1080. The lowest BCUT2D eigenvalue weighted by Gasteiger charge is -2.41. The number of phosphoric ester groups is 1. The Hall–Kier alpha value is -0.920. The van der Waals surface area contributed by atoms with E-state index in [1.807, 2.05) is 0 Å². The van der Waals surface area contributed by atoms with E-state index in [-0.39, 0.29) is 13.0 Å². The summed E-state index contributed by atoms with van der Waals surface area (Å²) in [6, 6.07) is 0. The van der Waals surface area contributed by atoms with Gasteiger partial charge in [-0.05, 0) is 38.5 Å². The topological polar surface area (TPSA) is 192 Å². The van der Waals surface area contributed by atoms with Crippen molar-refractivity contribution in [3.8, 4) is 0 Å². The number of carbonyl (C=O) groups excluding carboxylic acids is 1. The summed E-state index contributed by atoms with van der Waals surface area (Å²) in [5.74, 6) is -0.481. The number of hydrogen-bond donors (Lipinski definition) is 6. The van der Waals surface area contributed by atoms with Gasteiger partial charge in [0.1, 0.15) is 42.7 Å². The first kappa shape index (κ1) is 59.1. The molecular formula is C49H95O12P. The van der Waals surface area contributed by atoms with Crippen molar-refractivity contribution in [3.05, 3.63) is 12.2 Å². The van der Waals surface area contributed by atoms with E-state index in [9.17, 15) is 39.8 Å². The number of ether oxygens (including phenoxy) is 2. The van der Waals surface area contributed by atoms with Crippen LogP contribution >= 0.6 is 7.82 Å². The molecule has 0 aliphatic heterocycles. The largest absolute Gasteiger partial charge is 0.472 e. The Balaban J connectivity index is 2.31. The molecule has 1 fully saturated rings. The smallest absolute Gasteiger partial charge is 0.457 e. The number of hydrogen-bond acceptors (Lipinski definition) is 11. The summed E-state index contributed by atoms with van der Waals surface area (Å²) in [5, 5.41) is 50.2. The molecule has 0 amide bonds. The number of phosphoric acid groups is 1. The molecule has 1 saturated carbocycles. The Kier molecular flexibility index (Phi) is 38.5. The Labute approximate surface area is 377 Å². The molecule has 62 heavy (non-hydrogen) atoms. The van der Waals surface area contributed by atoms with Crippen molar-refractivity contribution in [1.82, 2.24) is 0 Å². The lowest BCUT2D eigenvalue weighted by molar-refractivity contribution is -0.220. The van der Waals surface area contributed by atoms with E-state index in [0.717, 1.165) is 57.8 Å². The van der Waals surface area contributed by atoms with Gasteiger partial charge < -0.3 is 39.9 Å². The lowest BCUT2D eigenvalue weighted by Crippen LogP contribution is -2.64. The summed E-state index contributed by atoms with van der Waals surface area (Å²) in [6.07, 6.45) is 32.8. The Morgan fingerprint density at radius 3 is 1.27 bits per heavy atom. The molecule has 0 radical (unpaired) electrons. The van der Waals surface area contributed by atoms with Gasteiger partial charge in [0.25, 0.3) is 0 Å². The number of unbranched alkanes of at least 4 members (excludes halogenated alkanes) is 30. The summed E-state index contributed by atoms with van der Waals surface area (Å²) >= 11 is 0. The molecular weight excluding hydrogens is 812 g/mol. The van der Waals surface area contributed by atoms with E-state index >= 15 is 0 Å². The van der Waals surface area contributed by atoms with E-state index in [1.54, 1.807) is 0 Å². The van der Waals surface area contributed by atoms with Gasteiger partial charge in [-0.1, -0.05) is 199 Å². The summed E-state index contributed by atoms with van der Waals surface area (Å²) in [7, 11) is -5.02. The highest BCUT2D eigenvalue weighted by Crippen LogP contribution is 2.47. The molecule has 0 bridgehead atoms. The van der Waals surface area contributed by atoms with Crippen LogP contribution in [0.25, 0.3) is 0 Å². The molecule has 13 heteroatoms. The minimum absolute atomic E-state index is 0.0739. The van der Waals surface area contributed by atoms with Gasteiger partial charge >= 0.3 is 13.8 Å². The molecule has 0 heterocycles. The van der Waals surface area contributed by atoms with Crippen LogP contribution in [0.4, 0.5) is 0 Å². The number of rotatable bonds is 44. The SMILES string of the molecule is CCCCCCC/C=C\CCCCCCCC(=O)OC(COCCCCCCCCCCCCCCCCCCCCCCC)COP(=O)(O)OC1C(O)C(O)C(O)C(O)C1O. The van der Waals surface area contributed by atoms with Gasteiger partial charge in [0.2, 0.25) is 0 Å². The highest BCUT2D eigenvalue weighted by atomic mass is 31.2. The van der Waals surface area contributed by atoms with Crippen LogP contribution in [0.5, 0.6) is 0 Å². The first-order valence-electron chi connectivity index (χ1n) is 25.5. The zero-order valence-corrected chi connectivity index (χ0v) is 40.3. The Morgan fingerprint density at radius 1 is 0.500 bits per heavy atom. The number of aliphatic hydroxyl groups is 5. The highest BCUT2D eigenvalue weighted by molar-refractivity contribution is 7.47. The maximum atomic E-state index is 12.8. The zero-order chi connectivity index (χ0) is 45.5. The second-order valence-electron chi connectivity index (χ2n) is 18.0. The van der Waals surface area contributed by atoms with Crippen LogP contribution in [0.1, 0.15) is 232 Å². The standard InChI is InChI=1S/C49H95O12P/c1-3-5-7-9-11-13-15-17-19-20-21-22-23-24-25-27-29-31-33-35-37-39-58-40-42(41-59-62(56,57)61-49-47(54)45(52)44(51)46(53)48(49)55)60-43(50)38-36-34-32-30-28-26-18-16-14-12-10-8-6-4-2/h16,18,42,44-49,51-55H,3-15,17,19-41H2,1-2H3,(H,56,57)/b18-16-. The van der Waals surface area contributed by atoms with Crippen LogP contribution in [0.2, 0.25) is 0 Å². The van der Waals surface area contributed by atoms with Gasteiger partial charge in [-0.15, -0.1) is 0 Å². The third-order valence-corrected chi connectivity index (χ3v) is 13.1. The first-order chi connectivity index (χ1) is 30.0. The minimum Gasteiger partial charge on any atom is -0.457 e. The summed E-state index contributed by atoms with van der Waals surface area (Å²) in [4.78, 5) is 23.2. The van der Waals surface area contributed by atoms with Gasteiger partial charge in [0.05, 0.1) is 13.2 Å². The molecule has 0 aromatic carbocycles.